The van der Waals surface area contributed by atoms with Crippen molar-refractivity contribution in [3.8, 4) is 0 Å². The van der Waals surface area contributed by atoms with Crippen molar-refractivity contribution in [3.63, 3.8) is 0 Å². The van der Waals surface area contributed by atoms with E-state index in [0.29, 0.717) is 44.6 Å². The molecular weight excluding hydrogens is 469 g/mol. The predicted molar refractivity (Wildman–Crippen MR) is 122 cm³/mol. The number of carbonyl (C=O) groups is 2. The topological polar surface area (TPSA) is 127 Å². The highest BCUT2D eigenvalue weighted by molar-refractivity contribution is 7.22. The number of nitro groups is 1. The Morgan fingerprint density at radius 2 is 1.82 bits per heavy atom. The molecule has 0 spiro atoms. The van der Waals surface area contributed by atoms with Crippen LogP contribution < -0.4 is 10.6 Å². The van der Waals surface area contributed by atoms with E-state index in [2.05, 4.69) is 20.6 Å². The maximum atomic E-state index is 13.1. The molecular formula is C21H14FN5O4S2. The van der Waals surface area contributed by atoms with Gasteiger partial charge in [0.1, 0.15) is 5.82 Å². The third-order valence-corrected chi connectivity index (χ3v) is 7.15. The van der Waals surface area contributed by atoms with E-state index in [0.717, 1.165) is 16.2 Å². The summed E-state index contributed by atoms with van der Waals surface area (Å²) in [6, 6.07) is 9.52. The maximum absolute atomic E-state index is 13.1. The quantitative estimate of drug-likeness (QED) is 0.312. The molecule has 1 aliphatic rings. The number of carbonyl (C=O) groups excluding carboxylic acids is 2. The number of hydrogen-bond acceptors (Lipinski definition) is 8. The third-order valence-electron chi connectivity index (χ3n) is 5.17. The molecule has 12 heteroatoms. The Morgan fingerprint density at radius 1 is 1.06 bits per heavy atom. The summed E-state index contributed by atoms with van der Waals surface area (Å²) < 4.78 is 13.7. The summed E-state index contributed by atoms with van der Waals surface area (Å²) in [6.07, 6.45) is 1.24. The van der Waals surface area contributed by atoms with Crippen LogP contribution in [0.5, 0.6) is 0 Å². The van der Waals surface area contributed by atoms with Crippen LogP contribution in [0.15, 0.2) is 42.5 Å². The van der Waals surface area contributed by atoms with Crippen LogP contribution >= 0.6 is 22.7 Å². The Morgan fingerprint density at radius 3 is 2.58 bits per heavy atom. The van der Waals surface area contributed by atoms with Crippen LogP contribution in [0.4, 0.5) is 20.3 Å². The van der Waals surface area contributed by atoms with Gasteiger partial charge >= 0.3 is 0 Å². The van der Waals surface area contributed by atoms with Crippen LogP contribution in [0.25, 0.3) is 10.2 Å². The number of aromatic nitrogens is 2. The number of non-ortho nitro benzene ring substituents is 1. The van der Waals surface area contributed by atoms with Gasteiger partial charge < -0.3 is 5.32 Å². The molecule has 0 radical (unpaired) electrons. The summed E-state index contributed by atoms with van der Waals surface area (Å²) in [5, 5.41) is 17.2. The fourth-order valence-corrected chi connectivity index (χ4v) is 5.51. The molecule has 0 fully saturated rings. The van der Waals surface area contributed by atoms with Crippen molar-refractivity contribution in [2.45, 2.75) is 18.8 Å². The molecule has 0 saturated heterocycles. The first-order valence-corrected chi connectivity index (χ1v) is 11.4. The van der Waals surface area contributed by atoms with Crippen LogP contribution in [0.3, 0.4) is 0 Å². The first-order chi connectivity index (χ1) is 15.9. The maximum Gasteiger partial charge on any atom is 0.270 e. The zero-order valence-electron chi connectivity index (χ0n) is 16.7. The highest BCUT2D eigenvalue weighted by Crippen LogP contribution is 2.39. The van der Waals surface area contributed by atoms with E-state index >= 15 is 0 Å². The molecule has 2 heterocycles. The summed E-state index contributed by atoms with van der Waals surface area (Å²) in [7, 11) is 0. The smallest absolute Gasteiger partial charge is 0.270 e. The Hall–Kier alpha value is -3.77. The number of anilines is 2. The summed E-state index contributed by atoms with van der Waals surface area (Å²) >= 11 is 2.47. The van der Waals surface area contributed by atoms with Crippen molar-refractivity contribution in [1.29, 1.82) is 0 Å². The van der Waals surface area contributed by atoms with Gasteiger partial charge in [-0.3, -0.25) is 25.0 Å². The van der Waals surface area contributed by atoms with Gasteiger partial charge in [0.05, 0.1) is 26.8 Å². The van der Waals surface area contributed by atoms with E-state index in [4.69, 9.17) is 0 Å². The molecule has 2 aromatic heterocycles. The van der Waals surface area contributed by atoms with Gasteiger partial charge in [0.2, 0.25) is 5.91 Å². The molecule has 2 N–H and O–H groups in total. The van der Waals surface area contributed by atoms with Crippen LogP contribution in [0, 0.1) is 15.9 Å². The number of rotatable bonds is 5. The van der Waals surface area contributed by atoms with Crippen molar-refractivity contribution in [2.75, 3.05) is 10.6 Å². The minimum Gasteiger partial charge on any atom is -0.301 e. The second kappa shape index (κ2) is 8.30. The first kappa shape index (κ1) is 21.1. The second-order valence-electron chi connectivity index (χ2n) is 7.30. The number of nitro benzene ring substituents is 1. The fourth-order valence-electron chi connectivity index (χ4n) is 3.58. The van der Waals surface area contributed by atoms with Crippen LogP contribution in [0.1, 0.15) is 33.3 Å². The number of halogens is 1. The number of nitrogens with zero attached hydrogens (tertiary/aromatic N) is 3. The molecule has 1 unspecified atom stereocenters. The molecule has 0 saturated carbocycles. The minimum absolute atomic E-state index is 0.0397. The lowest BCUT2D eigenvalue weighted by Crippen LogP contribution is -2.20. The Bertz CT molecular complexity index is 1420. The molecule has 9 nitrogen and oxygen atoms in total. The van der Waals surface area contributed by atoms with E-state index in [1.54, 1.807) is 6.07 Å². The summed E-state index contributed by atoms with van der Waals surface area (Å²) in [4.78, 5) is 45.4. The van der Waals surface area contributed by atoms with Crippen LogP contribution in [-0.2, 0) is 11.2 Å². The number of benzene rings is 2. The van der Waals surface area contributed by atoms with Gasteiger partial charge in [0.15, 0.2) is 10.3 Å². The number of nitrogens with one attached hydrogen (secondary N) is 2. The molecule has 5 rings (SSSR count). The predicted octanol–water partition coefficient (Wildman–Crippen LogP) is 4.72. The lowest BCUT2D eigenvalue weighted by molar-refractivity contribution is -0.384. The van der Waals surface area contributed by atoms with Crippen LogP contribution in [-0.4, -0.2) is 26.7 Å². The monoisotopic (exact) mass is 483 g/mol. The third kappa shape index (κ3) is 4.17. The van der Waals surface area contributed by atoms with E-state index in [1.807, 2.05) is 0 Å². The number of aryl methyl sites for hydroxylation is 1. The average Bonchev–Trinajstić information content (AvgIpc) is 3.46. The number of fused-ring (bicyclic) bond motifs is 2. The van der Waals surface area contributed by atoms with Gasteiger partial charge in [-0.25, -0.2) is 14.4 Å². The molecule has 33 heavy (non-hydrogen) atoms. The highest BCUT2D eigenvalue weighted by Gasteiger charge is 2.33. The number of amides is 2. The van der Waals surface area contributed by atoms with Gasteiger partial charge in [0, 0.05) is 22.6 Å². The molecule has 1 atom stereocenters. The number of hydrogen-bond donors (Lipinski definition) is 2. The average molecular weight is 484 g/mol. The lowest BCUT2D eigenvalue weighted by atomic mass is 10.1. The van der Waals surface area contributed by atoms with E-state index < -0.39 is 22.6 Å². The highest BCUT2D eigenvalue weighted by atomic mass is 32.1. The fraction of sp³-hybridized carbons (Fsp3) is 0.143. The van der Waals surface area contributed by atoms with E-state index in [1.165, 1.54) is 47.7 Å². The molecule has 1 aliphatic carbocycles. The molecule has 2 amide bonds. The first-order valence-electron chi connectivity index (χ1n) is 9.80. The molecule has 2 aromatic carbocycles. The van der Waals surface area contributed by atoms with Gasteiger partial charge in [-0.2, -0.15) is 0 Å². The van der Waals surface area contributed by atoms with Gasteiger partial charge in [-0.1, -0.05) is 11.3 Å². The van der Waals surface area contributed by atoms with Crippen molar-refractivity contribution >= 4 is 60.7 Å². The van der Waals surface area contributed by atoms with Crippen molar-refractivity contribution in [2.24, 2.45) is 0 Å². The zero-order valence-corrected chi connectivity index (χ0v) is 18.3. The Balaban J connectivity index is 1.30. The van der Waals surface area contributed by atoms with Gasteiger partial charge in [0.25, 0.3) is 11.6 Å². The zero-order chi connectivity index (χ0) is 23.1. The van der Waals surface area contributed by atoms with Crippen LogP contribution in [0.2, 0.25) is 0 Å². The van der Waals surface area contributed by atoms with Gasteiger partial charge in [-0.05, 0) is 43.2 Å². The largest absolute Gasteiger partial charge is 0.301 e. The number of thiazole rings is 2. The molecule has 0 bridgehead atoms. The minimum atomic E-state index is -0.492. The lowest BCUT2D eigenvalue weighted by Gasteiger charge is -2.08. The van der Waals surface area contributed by atoms with Crippen molar-refractivity contribution < 1.29 is 18.9 Å². The normalized spacial score (nSPS) is 14.8. The molecule has 166 valence electrons. The summed E-state index contributed by atoms with van der Waals surface area (Å²) in [6.45, 7) is 0. The summed E-state index contributed by atoms with van der Waals surface area (Å²) in [5.41, 5.74) is 1.44. The van der Waals surface area contributed by atoms with Crippen molar-refractivity contribution in [3.05, 3.63) is 74.5 Å². The Kier molecular flexibility index (Phi) is 5.30. The SMILES string of the molecule is O=C(Nc1nc2c(s1)CCC2C(=O)Nc1nc2ccc([N+](=O)[O-])cc2s1)c1ccc(F)cc1. The molecule has 0 aliphatic heterocycles. The Labute approximate surface area is 193 Å². The second-order valence-corrected chi connectivity index (χ2v) is 9.41. The molecule has 4 aromatic rings. The van der Waals surface area contributed by atoms with Gasteiger partial charge in [-0.15, -0.1) is 11.3 Å². The summed E-state index contributed by atoms with van der Waals surface area (Å²) in [5.74, 6) is -1.61. The van der Waals surface area contributed by atoms with E-state index in [9.17, 15) is 24.1 Å². The standard InChI is InChI=1S/C21H14FN5O4S2/c22-11-3-1-10(2-4-11)18(28)25-21-24-17-13(6-8-15(17)32-21)19(29)26-20-23-14-7-5-12(27(30)31)9-16(14)33-20/h1-5,7,9,13H,6,8H2,(H,23,26,29)(H,24,25,28). The van der Waals surface area contributed by atoms with E-state index in [-0.39, 0.29) is 11.6 Å². The van der Waals surface area contributed by atoms with Crippen molar-refractivity contribution in [1.82, 2.24) is 9.97 Å².